The molecule has 172 valence electrons. The number of rotatable bonds is 6. The minimum Gasteiger partial charge on any atom is -0.493 e. The summed E-state index contributed by atoms with van der Waals surface area (Å²) in [6.07, 6.45) is 0. The van der Waals surface area contributed by atoms with Gasteiger partial charge in [-0.3, -0.25) is 0 Å². The van der Waals surface area contributed by atoms with E-state index in [0.29, 0.717) is 5.56 Å². The molecule has 0 unspecified atom stereocenters. The topological polar surface area (TPSA) is 101 Å². The monoisotopic (exact) mass is 474 g/mol. The molecule has 0 aliphatic carbocycles. The van der Waals surface area contributed by atoms with Gasteiger partial charge in [0.05, 0.1) is 21.3 Å². The number of ether oxygens (including phenoxy) is 3. The average molecular weight is 474 g/mol. The predicted molar refractivity (Wildman–Crippen MR) is 108 cm³/mol. The molecular weight excluding hydrogens is 457 g/mol. The molecule has 12 heteroatoms. The Bertz CT molecular complexity index is 1340. The summed E-state index contributed by atoms with van der Waals surface area (Å²) in [6.45, 7) is 1.51. The van der Waals surface area contributed by atoms with Gasteiger partial charge in [0, 0.05) is 22.6 Å². The van der Waals surface area contributed by atoms with Crippen LogP contribution in [0.4, 0.5) is 13.2 Å². The number of methoxy groups -OCH3 is 3. The largest absolute Gasteiger partial charge is 0.534 e. The maximum Gasteiger partial charge on any atom is 0.534 e. The highest BCUT2D eigenvalue weighted by Gasteiger charge is 2.49. The molecule has 3 aromatic rings. The molecule has 0 fully saturated rings. The summed E-state index contributed by atoms with van der Waals surface area (Å²) in [6, 6.07) is 6.19. The SMILES string of the molecule is COc1ccc(-c2cc3oc(=O)cc(C)c3cc2OS(=O)(=O)C(F)(F)F)c(OC)c1OC. The van der Waals surface area contributed by atoms with Gasteiger partial charge in [-0.15, -0.1) is 0 Å². The third-order valence-corrected chi connectivity index (χ3v) is 5.49. The zero-order valence-corrected chi connectivity index (χ0v) is 18.0. The Labute approximate surface area is 180 Å². The Morgan fingerprint density at radius 2 is 1.53 bits per heavy atom. The normalized spacial score (nSPS) is 12.0. The fourth-order valence-corrected chi connectivity index (χ4v) is 3.57. The molecule has 0 amide bonds. The number of aryl methyl sites for hydroxylation is 1. The van der Waals surface area contributed by atoms with Gasteiger partial charge >= 0.3 is 21.3 Å². The molecule has 0 saturated carbocycles. The second-order valence-corrected chi connectivity index (χ2v) is 8.00. The van der Waals surface area contributed by atoms with Crippen molar-refractivity contribution in [3.05, 3.63) is 46.3 Å². The van der Waals surface area contributed by atoms with E-state index in [0.717, 1.165) is 12.1 Å². The zero-order chi connectivity index (χ0) is 23.8. The van der Waals surface area contributed by atoms with Crippen LogP contribution < -0.4 is 24.0 Å². The van der Waals surface area contributed by atoms with Crippen LogP contribution in [-0.4, -0.2) is 35.3 Å². The summed E-state index contributed by atoms with van der Waals surface area (Å²) >= 11 is 0. The lowest BCUT2D eigenvalue weighted by Crippen LogP contribution is -2.28. The summed E-state index contributed by atoms with van der Waals surface area (Å²) in [5.74, 6) is -0.280. The van der Waals surface area contributed by atoms with Crippen molar-refractivity contribution in [1.82, 2.24) is 0 Å². The Hall–Kier alpha value is -3.41. The molecule has 0 spiro atoms. The minimum atomic E-state index is -6.01. The molecule has 0 aliphatic heterocycles. The summed E-state index contributed by atoms with van der Waals surface area (Å²) in [5, 5.41) is 0.181. The van der Waals surface area contributed by atoms with Gasteiger partial charge in [0.25, 0.3) is 0 Å². The molecule has 8 nitrogen and oxygen atoms in total. The second kappa shape index (κ2) is 8.26. The van der Waals surface area contributed by atoms with Gasteiger partial charge in [-0.05, 0) is 36.8 Å². The van der Waals surface area contributed by atoms with E-state index in [9.17, 15) is 26.4 Å². The summed E-state index contributed by atoms with van der Waals surface area (Å²) in [7, 11) is -2.04. The lowest BCUT2D eigenvalue weighted by atomic mass is 9.99. The van der Waals surface area contributed by atoms with E-state index < -0.39 is 27.0 Å². The number of alkyl halides is 3. The Balaban J connectivity index is 2.41. The maximum absolute atomic E-state index is 13.0. The van der Waals surface area contributed by atoms with E-state index in [4.69, 9.17) is 18.6 Å². The maximum atomic E-state index is 13.0. The number of fused-ring (bicyclic) bond motifs is 1. The quantitative estimate of drug-likeness (QED) is 0.300. The van der Waals surface area contributed by atoms with Crippen molar-refractivity contribution >= 4 is 21.1 Å². The van der Waals surface area contributed by atoms with E-state index >= 15 is 0 Å². The molecule has 32 heavy (non-hydrogen) atoms. The van der Waals surface area contributed by atoms with Crippen molar-refractivity contribution < 1.29 is 44.4 Å². The van der Waals surface area contributed by atoms with Gasteiger partial charge in [-0.2, -0.15) is 21.6 Å². The number of hydrogen-bond acceptors (Lipinski definition) is 8. The molecule has 0 radical (unpaired) electrons. The van der Waals surface area contributed by atoms with E-state index in [1.54, 1.807) is 0 Å². The van der Waals surface area contributed by atoms with Gasteiger partial charge < -0.3 is 22.8 Å². The first-order chi connectivity index (χ1) is 14.9. The van der Waals surface area contributed by atoms with Gasteiger partial charge in [-0.1, -0.05) is 0 Å². The van der Waals surface area contributed by atoms with Crippen molar-refractivity contribution in [2.75, 3.05) is 21.3 Å². The molecule has 1 aromatic heterocycles. The van der Waals surface area contributed by atoms with Crippen LogP contribution in [0.5, 0.6) is 23.0 Å². The number of halogens is 3. The fraction of sp³-hybridized carbons (Fsp3) is 0.250. The molecular formula is C20H17F3O8S. The van der Waals surface area contributed by atoms with Crippen LogP contribution in [0, 0.1) is 6.92 Å². The number of hydrogen-bond donors (Lipinski definition) is 0. The first-order valence-corrected chi connectivity index (χ1v) is 10.2. The van der Waals surface area contributed by atoms with Crippen LogP contribution in [0.1, 0.15) is 5.56 Å². The van der Waals surface area contributed by atoms with E-state index in [2.05, 4.69) is 4.18 Å². The van der Waals surface area contributed by atoms with Gasteiger partial charge in [0.1, 0.15) is 5.58 Å². The van der Waals surface area contributed by atoms with Crippen LogP contribution in [0.25, 0.3) is 22.1 Å². The van der Waals surface area contributed by atoms with Gasteiger partial charge in [-0.25, -0.2) is 4.79 Å². The van der Waals surface area contributed by atoms with E-state index in [1.165, 1.54) is 46.5 Å². The first-order valence-electron chi connectivity index (χ1n) is 8.82. The van der Waals surface area contributed by atoms with E-state index in [1.807, 2.05) is 0 Å². The molecule has 1 heterocycles. The van der Waals surface area contributed by atoms with Gasteiger partial charge in [0.2, 0.25) is 5.75 Å². The predicted octanol–water partition coefficient (Wildman–Crippen LogP) is 4.02. The lowest BCUT2D eigenvalue weighted by Gasteiger charge is -2.19. The van der Waals surface area contributed by atoms with Crippen molar-refractivity contribution in [2.24, 2.45) is 0 Å². The molecule has 0 atom stereocenters. The van der Waals surface area contributed by atoms with Crippen LogP contribution in [0.15, 0.2) is 39.5 Å². The van der Waals surface area contributed by atoms with E-state index in [-0.39, 0.29) is 39.3 Å². The van der Waals surface area contributed by atoms with Crippen molar-refractivity contribution in [3.63, 3.8) is 0 Å². The standard InChI is InChI=1S/C20H17F3O8S/c1-10-7-17(24)30-15-9-13(11-5-6-14(27-2)19(29-4)18(11)28-3)16(8-12(10)15)31-32(25,26)20(21,22)23/h5-9H,1-4H3. The van der Waals surface area contributed by atoms with Crippen LogP contribution in [-0.2, 0) is 10.1 Å². The molecule has 0 aliphatic rings. The summed E-state index contributed by atoms with van der Waals surface area (Å²) in [5.41, 5.74) is -6.08. The van der Waals surface area contributed by atoms with Gasteiger partial charge in [0.15, 0.2) is 17.2 Å². The molecule has 2 aromatic carbocycles. The van der Waals surface area contributed by atoms with Crippen molar-refractivity contribution in [2.45, 2.75) is 12.4 Å². The first kappa shape index (κ1) is 23.3. The fourth-order valence-electron chi connectivity index (χ4n) is 3.10. The summed E-state index contributed by atoms with van der Waals surface area (Å²) in [4.78, 5) is 11.8. The zero-order valence-electron chi connectivity index (χ0n) is 17.2. The molecule has 0 N–H and O–H groups in total. The van der Waals surface area contributed by atoms with Crippen molar-refractivity contribution in [3.8, 4) is 34.1 Å². The molecule has 0 bridgehead atoms. The average Bonchev–Trinajstić information content (AvgIpc) is 2.71. The molecule has 0 saturated heterocycles. The third-order valence-electron chi connectivity index (χ3n) is 4.53. The molecule has 3 rings (SSSR count). The lowest BCUT2D eigenvalue weighted by molar-refractivity contribution is -0.0499. The highest BCUT2D eigenvalue weighted by Crippen LogP contribution is 2.48. The summed E-state index contributed by atoms with van der Waals surface area (Å²) < 4.78 is 88.1. The Morgan fingerprint density at radius 1 is 0.875 bits per heavy atom. The highest BCUT2D eigenvalue weighted by atomic mass is 32.2. The second-order valence-electron chi connectivity index (χ2n) is 6.46. The van der Waals surface area contributed by atoms with Crippen LogP contribution in [0.2, 0.25) is 0 Å². The van der Waals surface area contributed by atoms with Crippen molar-refractivity contribution in [1.29, 1.82) is 0 Å². The Morgan fingerprint density at radius 3 is 2.09 bits per heavy atom. The van der Waals surface area contributed by atoms with Crippen LogP contribution >= 0.6 is 0 Å². The third kappa shape index (κ3) is 4.05. The highest BCUT2D eigenvalue weighted by molar-refractivity contribution is 7.88. The Kier molecular flexibility index (Phi) is 6.00. The van der Waals surface area contributed by atoms with Crippen LogP contribution in [0.3, 0.4) is 0 Å². The minimum absolute atomic E-state index is 0.00130. The number of benzene rings is 2. The smallest absolute Gasteiger partial charge is 0.493 e.